The second-order valence-electron chi connectivity index (χ2n) is 27.0. The van der Waals surface area contributed by atoms with E-state index in [9.17, 15) is 29.1 Å². The number of hydrogen-bond donors (Lipinski definition) is 1. The molecule has 1 saturated carbocycles. The van der Waals surface area contributed by atoms with E-state index in [0.717, 1.165) is 18.4 Å². The molecule has 1 aliphatic carbocycles. The molecular formula is C60H100N2O17Si2. The van der Waals surface area contributed by atoms with E-state index >= 15 is 9.59 Å². The SMILES string of the molecule is CO[C@H]1C[C@@H](C)C/C(C)=C/[C@@H](CCOC(=O)ON2C(=O)CCC2=O)C(=O)C[C@H](O[Si](C)(C)C(C)(C)C)[C@@H](C)C(/C(C)=C/C2CC[C@@H](O[Si](C)(C)C(C)(C)C)[C@H](OC)C2)OC(=O)C2CCCCN2C(=O)C(=O)[C@]2(O)O[C@H]1[C@@H](OC)C[C@H]2C. The van der Waals surface area contributed by atoms with Gasteiger partial charge in [-0.15, -0.1) is 0 Å². The number of methoxy groups -OCH3 is 3. The minimum Gasteiger partial charge on any atom is -0.456 e. The van der Waals surface area contributed by atoms with Crippen molar-refractivity contribution in [3.63, 3.8) is 0 Å². The molecule has 21 heteroatoms. The first-order chi connectivity index (χ1) is 37.6. The van der Waals surface area contributed by atoms with Gasteiger partial charge >= 0.3 is 12.1 Å². The van der Waals surface area contributed by atoms with Crippen molar-refractivity contribution in [2.75, 3.05) is 34.5 Å². The lowest BCUT2D eigenvalue weighted by Crippen LogP contribution is -2.64. The molecule has 460 valence electrons. The second-order valence-corrected chi connectivity index (χ2v) is 36.5. The second kappa shape index (κ2) is 28.0. The number of amides is 3. The third-order valence-electron chi connectivity index (χ3n) is 18.7. The fourth-order valence-corrected chi connectivity index (χ4v) is 14.5. The largest absolute Gasteiger partial charge is 0.533 e. The predicted octanol–water partition coefficient (Wildman–Crippen LogP) is 9.73. The molecule has 14 atom stereocenters. The highest BCUT2D eigenvalue weighted by molar-refractivity contribution is 6.74. The molecule has 0 aromatic rings. The van der Waals surface area contributed by atoms with Gasteiger partial charge in [0.15, 0.2) is 16.6 Å². The summed E-state index contributed by atoms with van der Waals surface area (Å²) in [5.41, 5.74) is 1.54. The van der Waals surface area contributed by atoms with Crippen LogP contribution < -0.4 is 0 Å². The average Bonchev–Trinajstić information content (AvgIpc) is 3.91. The van der Waals surface area contributed by atoms with Crippen molar-refractivity contribution in [1.29, 1.82) is 0 Å². The molecule has 4 heterocycles. The number of imide groups is 1. The van der Waals surface area contributed by atoms with Gasteiger partial charge in [0.05, 0.1) is 37.1 Å². The number of nitrogens with zero attached hydrogens (tertiary/aromatic N) is 2. The maximum absolute atomic E-state index is 15.3. The molecule has 0 aromatic carbocycles. The van der Waals surface area contributed by atoms with Gasteiger partial charge in [-0.05, 0) is 132 Å². The van der Waals surface area contributed by atoms with Gasteiger partial charge in [0, 0.05) is 64.9 Å². The first-order valence-corrected chi connectivity index (χ1v) is 35.4. The van der Waals surface area contributed by atoms with Crippen LogP contribution in [0, 0.1) is 29.6 Å². The molecule has 4 aliphatic heterocycles. The Morgan fingerprint density at radius 1 is 0.778 bits per heavy atom. The van der Waals surface area contributed by atoms with Crippen LogP contribution >= 0.6 is 0 Å². The number of carbonyl (C=O) groups excluding carboxylic acids is 7. The Morgan fingerprint density at radius 3 is 1.94 bits per heavy atom. The van der Waals surface area contributed by atoms with Crippen LogP contribution in [0.15, 0.2) is 23.3 Å². The van der Waals surface area contributed by atoms with Crippen LogP contribution in [0.1, 0.15) is 160 Å². The molecule has 5 aliphatic rings. The van der Waals surface area contributed by atoms with Crippen molar-refractivity contribution in [3.8, 4) is 0 Å². The third kappa shape index (κ3) is 16.8. The minimum absolute atomic E-state index is 0.00431. The van der Waals surface area contributed by atoms with Crippen molar-refractivity contribution < 1.29 is 80.8 Å². The summed E-state index contributed by atoms with van der Waals surface area (Å²) in [6.07, 6.45) is 2.30. The highest BCUT2D eigenvalue weighted by Gasteiger charge is 2.57. The van der Waals surface area contributed by atoms with Crippen molar-refractivity contribution >= 4 is 58.0 Å². The lowest BCUT2D eigenvalue weighted by Gasteiger charge is -2.47. The summed E-state index contributed by atoms with van der Waals surface area (Å²) >= 11 is 0. The number of Topliss-reactive ketones (excluding diaryl/α,β-unsaturated/α-hetero) is 2. The number of ketones is 2. The molecular weight excluding hydrogens is 1080 g/mol. The molecule has 3 saturated heterocycles. The molecule has 3 unspecified atom stereocenters. The number of rotatable bonds is 13. The number of aliphatic hydroxyl groups is 1. The van der Waals surface area contributed by atoms with Crippen LogP contribution in [-0.4, -0.2) is 162 Å². The first-order valence-electron chi connectivity index (χ1n) is 29.6. The lowest BCUT2D eigenvalue weighted by atomic mass is 9.81. The molecule has 0 spiro atoms. The maximum atomic E-state index is 15.3. The Labute approximate surface area is 484 Å². The molecule has 0 radical (unpaired) electrons. The molecule has 3 amide bonds. The van der Waals surface area contributed by atoms with E-state index in [1.165, 1.54) is 19.1 Å². The van der Waals surface area contributed by atoms with E-state index in [2.05, 4.69) is 73.8 Å². The van der Waals surface area contributed by atoms with Gasteiger partial charge < -0.3 is 47.3 Å². The van der Waals surface area contributed by atoms with Gasteiger partial charge in [0.25, 0.3) is 23.5 Å². The summed E-state index contributed by atoms with van der Waals surface area (Å²) in [4.78, 5) is 104. The van der Waals surface area contributed by atoms with Crippen molar-refractivity contribution in [2.24, 2.45) is 29.6 Å². The molecule has 1 N–H and O–H groups in total. The molecule has 5 rings (SSSR count). The van der Waals surface area contributed by atoms with Gasteiger partial charge in [-0.25, -0.2) is 9.59 Å². The zero-order valence-corrected chi connectivity index (χ0v) is 54.1. The van der Waals surface area contributed by atoms with E-state index in [1.54, 1.807) is 14.0 Å². The molecule has 2 bridgehead atoms. The Hall–Kier alpha value is -3.68. The van der Waals surface area contributed by atoms with Gasteiger partial charge in [0.1, 0.15) is 24.0 Å². The van der Waals surface area contributed by atoms with Crippen molar-refractivity contribution in [2.45, 2.75) is 250 Å². The Bertz CT molecular complexity index is 2290. The Balaban J connectivity index is 1.64. The standard InChI is InChI=1S/C60H100N2O17Si2/c1-36-29-37(2)31-48(72-13)53-49(73-14)33-39(4)60(70,76-53)54(66)55(67)61-27-20-19-21-43(61)56(68)75-52(38(3)32-41-22-23-45(47(34-41)71-12)78-80(15,16)58(6,7)8)40(5)46(79-81(17,18)59(9,10)11)35-44(63)42(30-36)26-28-74-57(69)77-62-50(64)24-25-51(62)65/h30,32,37,39-43,45-49,52-53,70H,19-29,31,33-35H2,1-18H3/b36-30+,38-32+/t37-,39+,40+,41?,42+,43?,45+,46-,47+,48-,49-,52?,53+,60+/m0/s1. The van der Waals surface area contributed by atoms with Crippen LogP contribution in [0.4, 0.5) is 4.79 Å². The molecule has 4 fully saturated rings. The van der Waals surface area contributed by atoms with Gasteiger partial charge in [-0.2, -0.15) is 0 Å². The predicted molar refractivity (Wildman–Crippen MR) is 308 cm³/mol. The summed E-state index contributed by atoms with van der Waals surface area (Å²) in [6, 6.07) is -1.20. The van der Waals surface area contributed by atoms with Crippen LogP contribution in [0.25, 0.3) is 0 Å². The van der Waals surface area contributed by atoms with Gasteiger partial charge in [0.2, 0.25) is 5.79 Å². The number of esters is 1. The Kier molecular flexibility index (Phi) is 23.6. The van der Waals surface area contributed by atoms with Crippen molar-refractivity contribution in [1.82, 2.24) is 9.96 Å². The Morgan fingerprint density at radius 2 is 1.36 bits per heavy atom. The summed E-state index contributed by atoms with van der Waals surface area (Å²) in [5.74, 6) is -9.68. The number of allylic oxidation sites excluding steroid dienone is 3. The zero-order chi connectivity index (χ0) is 60.7. The summed E-state index contributed by atoms with van der Waals surface area (Å²) in [7, 11) is -0.177. The average molecular weight is 1180 g/mol. The third-order valence-corrected chi connectivity index (χ3v) is 27.7. The number of cyclic esters (lactones) is 1. The zero-order valence-electron chi connectivity index (χ0n) is 52.1. The van der Waals surface area contributed by atoms with Crippen LogP contribution in [0.2, 0.25) is 36.3 Å². The number of hydroxylamine groups is 2. The molecule has 0 aromatic heterocycles. The van der Waals surface area contributed by atoms with Gasteiger partial charge in [-0.3, -0.25) is 28.8 Å². The monoisotopic (exact) mass is 1180 g/mol. The molecule has 19 nitrogen and oxygen atoms in total. The number of carbonyl (C=O) groups is 7. The highest BCUT2D eigenvalue weighted by Crippen LogP contribution is 2.44. The van der Waals surface area contributed by atoms with E-state index in [1.807, 2.05) is 33.8 Å². The maximum Gasteiger partial charge on any atom is 0.533 e. The number of piperidine rings is 1. The number of ether oxygens (including phenoxy) is 6. The highest BCUT2D eigenvalue weighted by atomic mass is 28.4. The summed E-state index contributed by atoms with van der Waals surface area (Å²) in [5, 5.41) is 12.5. The smallest absolute Gasteiger partial charge is 0.456 e. The lowest BCUT2D eigenvalue weighted by molar-refractivity contribution is -0.302. The van der Waals surface area contributed by atoms with Crippen LogP contribution in [0.3, 0.4) is 0 Å². The molecule has 81 heavy (non-hydrogen) atoms. The minimum atomic E-state index is -2.74. The van der Waals surface area contributed by atoms with Gasteiger partial charge in [-0.1, -0.05) is 85.1 Å². The van der Waals surface area contributed by atoms with E-state index < -0.39 is 112 Å². The van der Waals surface area contributed by atoms with Crippen molar-refractivity contribution in [3.05, 3.63) is 23.3 Å². The van der Waals surface area contributed by atoms with E-state index in [4.69, 9.17) is 42.1 Å². The van der Waals surface area contributed by atoms with E-state index in [0.29, 0.717) is 42.7 Å². The summed E-state index contributed by atoms with van der Waals surface area (Å²) in [6.45, 7) is 30.7. The normalized spacial score (nSPS) is 34.2. The fourth-order valence-electron chi connectivity index (χ4n) is 11.7. The van der Waals surface area contributed by atoms with E-state index in [-0.39, 0.29) is 91.6 Å². The number of fused-ring (bicyclic) bond motifs is 3. The first kappa shape index (κ1) is 68.1. The van der Waals surface area contributed by atoms with Crippen LogP contribution in [-0.2, 0) is 70.9 Å². The fraction of sp³-hybridized carbons (Fsp3) is 0.817. The quantitative estimate of drug-likeness (QED) is 0.0595. The number of hydrogen-bond acceptors (Lipinski definition) is 17. The summed E-state index contributed by atoms with van der Waals surface area (Å²) < 4.78 is 50.9. The topological polar surface area (TPSA) is 229 Å². The van der Waals surface area contributed by atoms with Crippen LogP contribution in [0.5, 0.6) is 0 Å².